The number of benzene rings is 1. The van der Waals surface area contributed by atoms with Gasteiger partial charge in [-0.2, -0.15) is 0 Å². The van der Waals surface area contributed by atoms with Crippen molar-refractivity contribution in [2.75, 3.05) is 13.2 Å². The second-order valence-corrected chi connectivity index (χ2v) is 5.96. The number of ether oxygens (including phenoxy) is 2. The molecular weight excluding hydrogens is 310 g/mol. The van der Waals surface area contributed by atoms with E-state index in [0.29, 0.717) is 42.6 Å². The van der Waals surface area contributed by atoms with Crippen LogP contribution in [0, 0.1) is 5.92 Å². The maximum Gasteiger partial charge on any atom is 0.306 e. The number of hydrogen-bond acceptors (Lipinski definition) is 4. The molecule has 2 aliphatic rings. The Labute approximate surface area is 132 Å². The van der Waals surface area contributed by atoms with E-state index < -0.39 is 5.97 Å². The lowest BCUT2D eigenvalue weighted by molar-refractivity contribution is -0.146. The standard InChI is InChI=1S/C15H16ClNO5/c16-11-3-8(4-12-14(11)22-2-1-21-12)5-13(18)17-10-6-9(7-10)15(19)20/h3-4,9-10H,1-2,5-7H2,(H,17,18)(H,19,20). The third-order valence-corrected chi connectivity index (χ3v) is 4.15. The van der Waals surface area contributed by atoms with Crippen LogP contribution in [0.3, 0.4) is 0 Å². The van der Waals surface area contributed by atoms with Crippen LogP contribution >= 0.6 is 11.6 Å². The lowest BCUT2D eigenvalue weighted by Crippen LogP contribution is -2.47. The smallest absolute Gasteiger partial charge is 0.306 e. The highest BCUT2D eigenvalue weighted by atomic mass is 35.5. The molecular formula is C15H16ClNO5. The first kappa shape index (κ1) is 15.0. The van der Waals surface area contributed by atoms with Crippen molar-refractivity contribution in [2.24, 2.45) is 5.92 Å². The fraction of sp³-hybridized carbons (Fsp3) is 0.467. The van der Waals surface area contributed by atoms with Crippen molar-refractivity contribution in [1.82, 2.24) is 5.32 Å². The van der Waals surface area contributed by atoms with Gasteiger partial charge >= 0.3 is 5.97 Å². The van der Waals surface area contributed by atoms with Crippen LogP contribution in [0.25, 0.3) is 0 Å². The molecule has 0 atom stereocenters. The van der Waals surface area contributed by atoms with Gasteiger partial charge < -0.3 is 19.9 Å². The first-order valence-electron chi connectivity index (χ1n) is 7.13. The van der Waals surface area contributed by atoms with E-state index in [1.807, 2.05) is 0 Å². The number of aliphatic carboxylic acids is 1. The van der Waals surface area contributed by atoms with Crippen LogP contribution in [-0.2, 0) is 16.0 Å². The molecule has 1 aromatic carbocycles. The van der Waals surface area contributed by atoms with Gasteiger partial charge in [0.25, 0.3) is 0 Å². The van der Waals surface area contributed by atoms with Gasteiger partial charge in [-0.3, -0.25) is 9.59 Å². The minimum Gasteiger partial charge on any atom is -0.486 e. The van der Waals surface area contributed by atoms with E-state index in [1.54, 1.807) is 12.1 Å². The molecule has 3 rings (SSSR count). The Balaban J connectivity index is 1.58. The molecule has 0 bridgehead atoms. The molecule has 118 valence electrons. The number of fused-ring (bicyclic) bond motifs is 1. The second-order valence-electron chi connectivity index (χ2n) is 5.55. The maximum atomic E-state index is 12.0. The van der Waals surface area contributed by atoms with Gasteiger partial charge in [0.1, 0.15) is 13.2 Å². The highest BCUT2D eigenvalue weighted by molar-refractivity contribution is 6.32. The molecule has 1 heterocycles. The number of nitrogens with one attached hydrogen (secondary N) is 1. The van der Waals surface area contributed by atoms with Crippen molar-refractivity contribution < 1.29 is 24.2 Å². The normalized spacial score (nSPS) is 22.6. The van der Waals surface area contributed by atoms with Gasteiger partial charge in [-0.15, -0.1) is 0 Å². The van der Waals surface area contributed by atoms with E-state index in [1.165, 1.54) is 0 Å². The zero-order valence-electron chi connectivity index (χ0n) is 11.8. The van der Waals surface area contributed by atoms with E-state index >= 15 is 0 Å². The number of carbonyl (C=O) groups is 2. The highest BCUT2D eigenvalue weighted by Crippen LogP contribution is 2.38. The summed E-state index contributed by atoms with van der Waals surface area (Å²) < 4.78 is 10.9. The Bertz CT molecular complexity index is 612. The molecule has 1 aliphatic heterocycles. The van der Waals surface area contributed by atoms with Gasteiger partial charge in [-0.25, -0.2) is 0 Å². The van der Waals surface area contributed by atoms with E-state index in [9.17, 15) is 9.59 Å². The first-order valence-corrected chi connectivity index (χ1v) is 7.51. The van der Waals surface area contributed by atoms with Crippen molar-refractivity contribution in [2.45, 2.75) is 25.3 Å². The zero-order valence-corrected chi connectivity index (χ0v) is 12.6. The molecule has 0 unspecified atom stereocenters. The molecule has 6 nitrogen and oxygen atoms in total. The quantitative estimate of drug-likeness (QED) is 0.879. The number of carboxylic acids is 1. The van der Waals surface area contributed by atoms with Crippen LogP contribution in [-0.4, -0.2) is 36.2 Å². The summed E-state index contributed by atoms with van der Waals surface area (Å²) in [5.41, 5.74) is 0.737. The molecule has 1 aromatic rings. The molecule has 0 radical (unpaired) electrons. The predicted octanol–water partition coefficient (Wildman–Crippen LogP) is 1.63. The number of rotatable bonds is 4. The molecule has 1 fully saturated rings. The Kier molecular flexibility index (Phi) is 4.11. The topological polar surface area (TPSA) is 84.9 Å². The van der Waals surface area contributed by atoms with E-state index in [0.717, 1.165) is 5.56 Å². The van der Waals surface area contributed by atoms with Crippen molar-refractivity contribution in [3.05, 3.63) is 22.7 Å². The maximum absolute atomic E-state index is 12.0. The molecule has 0 spiro atoms. The average Bonchev–Trinajstić information content (AvgIpc) is 2.42. The van der Waals surface area contributed by atoms with E-state index in [-0.39, 0.29) is 24.3 Å². The highest BCUT2D eigenvalue weighted by Gasteiger charge is 2.35. The van der Waals surface area contributed by atoms with Crippen LogP contribution in [0.5, 0.6) is 11.5 Å². The summed E-state index contributed by atoms with van der Waals surface area (Å²) in [5.74, 6) is -0.226. The Morgan fingerprint density at radius 3 is 2.73 bits per heavy atom. The van der Waals surface area contributed by atoms with Crippen LogP contribution in [0.1, 0.15) is 18.4 Å². The largest absolute Gasteiger partial charge is 0.486 e. The average molecular weight is 326 g/mol. The molecule has 0 aromatic heterocycles. The van der Waals surface area contributed by atoms with Gasteiger partial charge in [0.05, 0.1) is 17.4 Å². The summed E-state index contributed by atoms with van der Waals surface area (Å²) >= 11 is 6.13. The Morgan fingerprint density at radius 1 is 1.27 bits per heavy atom. The van der Waals surface area contributed by atoms with Crippen molar-refractivity contribution in [3.8, 4) is 11.5 Å². The van der Waals surface area contributed by atoms with Gasteiger partial charge in [0.2, 0.25) is 5.91 Å². The summed E-state index contributed by atoms with van der Waals surface area (Å²) in [6.45, 7) is 0.913. The van der Waals surface area contributed by atoms with Crippen molar-refractivity contribution in [3.63, 3.8) is 0 Å². The van der Waals surface area contributed by atoms with Crippen LogP contribution in [0.2, 0.25) is 5.02 Å². The van der Waals surface area contributed by atoms with Crippen molar-refractivity contribution >= 4 is 23.5 Å². The molecule has 1 aliphatic carbocycles. The van der Waals surface area contributed by atoms with Crippen LogP contribution in [0.15, 0.2) is 12.1 Å². The number of amides is 1. The lowest BCUT2D eigenvalue weighted by atomic mass is 9.80. The molecule has 7 heteroatoms. The predicted molar refractivity (Wildman–Crippen MR) is 78.4 cm³/mol. The van der Waals surface area contributed by atoms with Gasteiger partial charge in [0, 0.05) is 6.04 Å². The summed E-state index contributed by atoms with van der Waals surface area (Å²) in [4.78, 5) is 22.7. The third kappa shape index (κ3) is 3.11. The van der Waals surface area contributed by atoms with Gasteiger partial charge in [-0.05, 0) is 30.5 Å². The number of hydrogen-bond donors (Lipinski definition) is 2. The van der Waals surface area contributed by atoms with Gasteiger partial charge in [-0.1, -0.05) is 11.6 Å². The van der Waals surface area contributed by atoms with Crippen molar-refractivity contribution in [1.29, 1.82) is 0 Å². The van der Waals surface area contributed by atoms with Crippen LogP contribution in [0.4, 0.5) is 0 Å². The molecule has 1 amide bonds. The van der Waals surface area contributed by atoms with E-state index in [4.69, 9.17) is 26.2 Å². The molecule has 2 N–H and O–H groups in total. The minimum absolute atomic E-state index is 0.0544. The fourth-order valence-corrected chi connectivity index (χ4v) is 2.96. The summed E-state index contributed by atoms with van der Waals surface area (Å²) in [5, 5.41) is 12.1. The summed E-state index contributed by atoms with van der Waals surface area (Å²) in [6, 6.07) is 3.39. The molecule has 22 heavy (non-hydrogen) atoms. The Hall–Kier alpha value is -1.95. The number of carbonyl (C=O) groups excluding carboxylic acids is 1. The van der Waals surface area contributed by atoms with E-state index in [2.05, 4.69) is 5.32 Å². The first-order chi connectivity index (χ1) is 10.5. The summed E-state index contributed by atoms with van der Waals surface area (Å²) in [6.07, 6.45) is 1.15. The molecule has 1 saturated carbocycles. The Morgan fingerprint density at radius 2 is 2.00 bits per heavy atom. The number of carboxylic acid groups (broad SMARTS) is 1. The lowest BCUT2D eigenvalue weighted by Gasteiger charge is -2.32. The monoisotopic (exact) mass is 325 g/mol. The zero-order chi connectivity index (χ0) is 15.7. The second kappa shape index (κ2) is 6.04. The fourth-order valence-electron chi connectivity index (χ4n) is 2.67. The summed E-state index contributed by atoms with van der Waals surface area (Å²) in [7, 11) is 0. The minimum atomic E-state index is -0.802. The molecule has 0 saturated heterocycles. The number of halogens is 1. The SMILES string of the molecule is O=C(Cc1cc(Cl)c2c(c1)OCCO2)NC1CC(C(=O)O)C1. The third-order valence-electron chi connectivity index (χ3n) is 3.87. The van der Waals surface area contributed by atoms with Crippen LogP contribution < -0.4 is 14.8 Å². The van der Waals surface area contributed by atoms with Gasteiger partial charge in [0.15, 0.2) is 11.5 Å².